The number of aromatic nitrogens is 2. The molecule has 0 fully saturated rings. The van der Waals surface area contributed by atoms with E-state index >= 15 is 0 Å². The summed E-state index contributed by atoms with van der Waals surface area (Å²) in [5, 5.41) is 5.03. The molecule has 9 heteroatoms. The molecule has 0 unspecified atom stereocenters. The smallest absolute Gasteiger partial charge is 0.328 e. The van der Waals surface area contributed by atoms with Crippen LogP contribution >= 0.6 is 0 Å². The Labute approximate surface area is 151 Å². The average molecular weight is 371 g/mol. The lowest BCUT2D eigenvalue weighted by Gasteiger charge is -2.08. The molecule has 2 aromatic carbocycles. The Balaban J connectivity index is 1.64. The van der Waals surface area contributed by atoms with E-state index in [1.165, 1.54) is 30.3 Å². The molecule has 1 amide bonds. The number of H-pyrrole nitrogens is 1. The van der Waals surface area contributed by atoms with Crippen LogP contribution in [0.15, 0.2) is 58.1 Å². The molecule has 0 saturated heterocycles. The minimum absolute atomic E-state index is 0.165. The highest BCUT2D eigenvalue weighted by molar-refractivity contribution is 5.92. The van der Waals surface area contributed by atoms with Gasteiger partial charge in [0.25, 0.3) is 17.0 Å². The summed E-state index contributed by atoms with van der Waals surface area (Å²) >= 11 is 0. The zero-order valence-corrected chi connectivity index (χ0v) is 13.9. The summed E-state index contributed by atoms with van der Waals surface area (Å²) in [6.45, 7) is -1.19. The summed E-state index contributed by atoms with van der Waals surface area (Å²) in [5.41, 5.74) is -0.876. The van der Waals surface area contributed by atoms with Crippen LogP contribution in [0, 0.1) is 5.82 Å². The van der Waals surface area contributed by atoms with Gasteiger partial charge < -0.3 is 10.1 Å². The number of anilines is 1. The van der Waals surface area contributed by atoms with E-state index in [9.17, 15) is 23.6 Å². The number of amides is 1. The molecule has 1 heterocycles. The lowest BCUT2D eigenvalue weighted by atomic mass is 10.2. The number of hydrogen-bond acceptors (Lipinski definition) is 5. The van der Waals surface area contributed by atoms with Crippen molar-refractivity contribution < 1.29 is 18.7 Å². The van der Waals surface area contributed by atoms with Crippen LogP contribution in [0.2, 0.25) is 0 Å². The molecule has 8 nitrogen and oxygen atoms in total. The number of nitrogens with one attached hydrogen (secondary N) is 2. The third kappa shape index (κ3) is 4.27. The number of esters is 1. The van der Waals surface area contributed by atoms with E-state index in [1.807, 2.05) is 0 Å². The summed E-state index contributed by atoms with van der Waals surface area (Å²) in [6.07, 6.45) is 0. The molecule has 27 heavy (non-hydrogen) atoms. The third-order valence-electron chi connectivity index (χ3n) is 3.64. The first-order valence-electron chi connectivity index (χ1n) is 7.87. The van der Waals surface area contributed by atoms with Crippen molar-refractivity contribution in [2.45, 2.75) is 6.54 Å². The Kier molecular flexibility index (Phi) is 5.11. The van der Waals surface area contributed by atoms with Gasteiger partial charge in [0.05, 0.1) is 10.8 Å². The van der Waals surface area contributed by atoms with Crippen LogP contribution in [0.25, 0.3) is 10.8 Å². The Morgan fingerprint density at radius 2 is 1.81 bits per heavy atom. The van der Waals surface area contributed by atoms with E-state index in [1.54, 1.807) is 12.1 Å². The number of benzene rings is 2. The van der Waals surface area contributed by atoms with Crippen LogP contribution in [0.5, 0.6) is 0 Å². The number of carbonyl (C=O) groups is 2. The van der Waals surface area contributed by atoms with Gasteiger partial charge in [0.15, 0.2) is 6.61 Å². The first kappa shape index (κ1) is 18.1. The van der Waals surface area contributed by atoms with Gasteiger partial charge in [-0.3, -0.25) is 24.3 Å². The van der Waals surface area contributed by atoms with Crippen molar-refractivity contribution in [2.75, 3.05) is 11.9 Å². The molecular formula is C18H14FN3O5. The van der Waals surface area contributed by atoms with Crippen molar-refractivity contribution >= 4 is 28.3 Å². The van der Waals surface area contributed by atoms with Gasteiger partial charge >= 0.3 is 5.97 Å². The number of rotatable bonds is 5. The van der Waals surface area contributed by atoms with Gasteiger partial charge in [0, 0.05) is 5.69 Å². The highest BCUT2D eigenvalue weighted by Gasteiger charge is 2.12. The number of hydrogen-bond donors (Lipinski definition) is 2. The van der Waals surface area contributed by atoms with E-state index in [-0.39, 0.29) is 16.5 Å². The summed E-state index contributed by atoms with van der Waals surface area (Å²) in [7, 11) is 0. The molecule has 0 radical (unpaired) electrons. The van der Waals surface area contributed by atoms with Crippen LogP contribution in [0.3, 0.4) is 0 Å². The summed E-state index contributed by atoms with van der Waals surface area (Å²) in [6, 6.07) is 11.4. The number of halogens is 1. The van der Waals surface area contributed by atoms with E-state index in [4.69, 9.17) is 4.74 Å². The van der Waals surface area contributed by atoms with Crippen molar-refractivity contribution in [2.24, 2.45) is 0 Å². The van der Waals surface area contributed by atoms with Crippen LogP contribution < -0.4 is 16.4 Å². The monoisotopic (exact) mass is 371 g/mol. The molecule has 0 bridgehead atoms. The topological polar surface area (TPSA) is 110 Å². The van der Waals surface area contributed by atoms with Gasteiger partial charge in [-0.2, -0.15) is 0 Å². The van der Waals surface area contributed by atoms with Crippen LogP contribution in [-0.2, 0) is 20.9 Å². The lowest BCUT2D eigenvalue weighted by molar-refractivity contribution is -0.148. The number of nitrogens with zero attached hydrogens (tertiary/aromatic N) is 1. The van der Waals surface area contributed by atoms with E-state index < -0.39 is 42.0 Å². The lowest BCUT2D eigenvalue weighted by Crippen LogP contribution is -2.33. The predicted octanol–water partition coefficient (Wildman–Crippen LogP) is 1.01. The summed E-state index contributed by atoms with van der Waals surface area (Å²) in [4.78, 5) is 47.9. The fraction of sp³-hybridized carbons (Fsp3) is 0.111. The molecule has 0 aliphatic carbocycles. The minimum atomic E-state index is -0.891. The van der Waals surface area contributed by atoms with Gasteiger partial charge in [-0.25, -0.2) is 9.07 Å². The number of ether oxygens (including phenoxy) is 1. The molecule has 0 aliphatic rings. The summed E-state index contributed by atoms with van der Waals surface area (Å²) in [5.74, 6) is -2.09. The van der Waals surface area contributed by atoms with Gasteiger partial charge in [-0.15, -0.1) is 0 Å². The zero-order valence-electron chi connectivity index (χ0n) is 13.9. The molecular weight excluding hydrogens is 357 g/mol. The fourth-order valence-electron chi connectivity index (χ4n) is 2.44. The van der Waals surface area contributed by atoms with Crippen molar-refractivity contribution in [3.05, 3.63) is 75.1 Å². The number of carbonyl (C=O) groups excluding carboxylic acids is 2. The second-order valence-electron chi connectivity index (χ2n) is 5.60. The Morgan fingerprint density at radius 1 is 1.07 bits per heavy atom. The average Bonchev–Trinajstić information content (AvgIpc) is 2.64. The van der Waals surface area contributed by atoms with Gasteiger partial charge in [0.2, 0.25) is 0 Å². The van der Waals surface area contributed by atoms with Crippen molar-refractivity contribution in [3.8, 4) is 0 Å². The van der Waals surface area contributed by atoms with Gasteiger partial charge in [0.1, 0.15) is 12.4 Å². The van der Waals surface area contributed by atoms with E-state index in [0.717, 1.165) is 10.7 Å². The Morgan fingerprint density at radius 3 is 2.56 bits per heavy atom. The first-order chi connectivity index (χ1) is 12.9. The quantitative estimate of drug-likeness (QED) is 0.651. The highest BCUT2D eigenvalue weighted by Crippen LogP contribution is 2.08. The van der Waals surface area contributed by atoms with Crippen molar-refractivity contribution in [3.63, 3.8) is 0 Å². The number of aromatic amines is 1. The maximum absolute atomic E-state index is 13.1. The standard InChI is InChI=1S/C18H14FN3O5/c19-11-4-3-5-12(8-11)20-15(23)10-27-16(24)9-22-18(26)14-7-2-1-6-13(14)17(25)21-22/h1-8H,9-10H2,(H,20,23)(H,21,25). The van der Waals surface area contributed by atoms with Crippen LogP contribution in [0.1, 0.15) is 0 Å². The second kappa shape index (κ2) is 7.65. The Bertz CT molecular complexity index is 1140. The number of fused-ring (bicyclic) bond motifs is 1. The van der Waals surface area contributed by atoms with Crippen LogP contribution in [0.4, 0.5) is 10.1 Å². The van der Waals surface area contributed by atoms with Crippen LogP contribution in [-0.4, -0.2) is 28.3 Å². The van der Waals surface area contributed by atoms with E-state index in [2.05, 4.69) is 10.4 Å². The molecule has 0 aliphatic heterocycles. The predicted molar refractivity (Wildman–Crippen MR) is 94.8 cm³/mol. The maximum atomic E-state index is 13.1. The molecule has 1 aromatic heterocycles. The Hall–Kier alpha value is -3.75. The van der Waals surface area contributed by atoms with Crippen molar-refractivity contribution in [1.29, 1.82) is 0 Å². The molecule has 0 atom stereocenters. The molecule has 3 rings (SSSR count). The fourth-order valence-corrected chi connectivity index (χ4v) is 2.44. The third-order valence-corrected chi connectivity index (χ3v) is 3.64. The minimum Gasteiger partial charge on any atom is -0.454 e. The molecule has 0 saturated carbocycles. The van der Waals surface area contributed by atoms with Gasteiger partial charge in [-0.05, 0) is 30.3 Å². The zero-order chi connectivity index (χ0) is 19.4. The SMILES string of the molecule is O=C(COC(=O)Cn1[nH]c(=O)c2ccccc2c1=O)Nc1cccc(F)c1. The largest absolute Gasteiger partial charge is 0.454 e. The van der Waals surface area contributed by atoms with Gasteiger partial charge in [-0.1, -0.05) is 18.2 Å². The van der Waals surface area contributed by atoms with Crippen molar-refractivity contribution in [1.82, 2.24) is 9.78 Å². The first-order valence-corrected chi connectivity index (χ1v) is 7.87. The maximum Gasteiger partial charge on any atom is 0.328 e. The summed E-state index contributed by atoms with van der Waals surface area (Å²) < 4.78 is 18.7. The highest BCUT2D eigenvalue weighted by atomic mass is 19.1. The molecule has 138 valence electrons. The molecule has 0 spiro atoms. The molecule has 3 aromatic rings. The van der Waals surface area contributed by atoms with E-state index in [0.29, 0.717) is 0 Å². The normalized spacial score (nSPS) is 10.6. The second-order valence-corrected chi connectivity index (χ2v) is 5.60. The molecule has 2 N–H and O–H groups in total.